The maximum atomic E-state index is 12.6. The summed E-state index contributed by atoms with van der Waals surface area (Å²) in [6, 6.07) is 23.0. The second-order valence-electron chi connectivity index (χ2n) is 8.92. The van der Waals surface area contributed by atoms with Crippen LogP contribution < -0.4 is 5.32 Å². The van der Waals surface area contributed by atoms with Crippen LogP contribution in [0.3, 0.4) is 0 Å². The van der Waals surface area contributed by atoms with Crippen molar-refractivity contribution in [2.45, 2.75) is 38.1 Å². The molecule has 32 heavy (non-hydrogen) atoms. The second kappa shape index (κ2) is 9.48. The molecule has 3 aromatic rings. The number of fused-ring (bicyclic) bond motifs is 1. The summed E-state index contributed by atoms with van der Waals surface area (Å²) < 4.78 is 0. The smallest absolute Gasteiger partial charge is 0.251 e. The van der Waals surface area contributed by atoms with Crippen LogP contribution in [0.4, 0.5) is 0 Å². The van der Waals surface area contributed by atoms with Crippen LogP contribution in [-0.4, -0.2) is 30.4 Å². The van der Waals surface area contributed by atoms with Crippen molar-refractivity contribution in [3.8, 4) is 11.1 Å². The summed E-state index contributed by atoms with van der Waals surface area (Å²) in [7, 11) is 0. The van der Waals surface area contributed by atoms with Crippen molar-refractivity contribution in [1.82, 2.24) is 10.2 Å². The van der Waals surface area contributed by atoms with E-state index in [0.717, 1.165) is 22.6 Å². The molecule has 0 spiro atoms. The van der Waals surface area contributed by atoms with E-state index in [-0.39, 0.29) is 5.91 Å². The summed E-state index contributed by atoms with van der Waals surface area (Å²) in [5.41, 5.74) is 7.19. The minimum absolute atomic E-state index is 0.0251. The number of aryl methyl sites for hydroxylation is 1. The van der Waals surface area contributed by atoms with Gasteiger partial charge in [0.15, 0.2) is 0 Å². The fourth-order valence-electron chi connectivity index (χ4n) is 5.12. The first-order valence-electron chi connectivity index (χ1n) is 11.7. The second-order valence-corrected chi connectivity index (χ2v) is 9.36. The molecule has 0 bridgehead atoms. The number of halogens is 1. The van der Waals surface area contributed by atoms with E-state index in [2.05, 4.69) is 28.4 Å². The van der Waals surface area contributed by atoms with Gasteiger partial charge in [-0.3, -0.25) is 9.69 Å². The maximum absolute atomic E-state index is 12.6. The molecule has 1 saturated heterocycles. The summed E-state index contributed by atoms with van der Waals surface area (Å²) in [6.07, 6.45) is 5.97. The number of likely N-dealkylation sites (tertiary alicyclic amines) is 1. The van der Waals surface area contributed by atoms with Crippen LogP contribution in [0.1, 0.15) is 52.4 Å². The van der Waals surface area contributed by atoms with Crippen LogP contribution in [0.5, 0.6) is 0 Å². The first-order chi connectivity index (χ1) is 15.7. The fourth-order valence-corrected chi connectivity index (χ4v) is 5.24. The van der Waals surface area contributed by atoms with Crippen LogP contribution in [0.15, 0.2) is 66.7 Å². The van der Waals surface area contributed by atoms with Crippen LogP contribution in [-0.2, 0) is 12.8 Å². The van der Waals surface area contributed by atoms with Gasteiger partial charge < -0.3 is 5.32 Å². The Bertz CT molecular complexity index is 1090. The SMILES string of the molecule is O=C(NCCc1ccc2c(c1)CCC2N1CCCC1)c1ccc(-c2ccc(Cl)cc2)cc1. The Morgan fingerprint density at radius 1 is 0.938 bits per heavy atom. The zero-order valence-corrected chi connectivity index (χ0v) is 19.1. The van der Waals surface area contributed by atoms with Gasteiger partial charge in [-0.05, 0) is 97.3 Å². The number of benzene rings is 3. The van der Waals surface area contributed by atoms with Gasteiger partial charge in [0.25, 0.3) is 5.91 Å². The van der Waals surface area contributed by atoms with Gasteiger partial charge in [0.1, 0.15) is 0 Å². The fraction of sp³-hybridized carbons (Fsp3) is 0.321. The first kappa shape index (κ1) is 21.2. The van der Waals surface area contributed by atoms with Crippen LogP contribution in [0.25, 0.3) is 11.1 Å². The van der Waals surface area contributed by atoms with E-state index in [9.17, 15) is 4.79 Å². The predicted molar refractivity (Wildman–Crippen MR) is 131 cm³/mol. The Hall–Kier alpha value is -2.62. The molecule has 1 aliphatic heterocycles. The largest absolute Gasteiger partial charge is 0.352 e. The number of carbonyl (C=O) groups excluding carboxylic acids is 1. The summed E-state index contributed by atoms with van der Waals surface area (Å²) in [6.45, 7) is 3.14. The van der Waals surface area contributed by atoms with E-state index in [1.807, 2.05) is 48.5 Å². The van der Waals surface area contributed by atoms with E-state index >= 15 is 0 Å². The Morgan fingerprint density at radius 2 is 1.62 bits per heavy atom. The van der Waals surface area contributed by atoms with Crippen LogP contribution in [0.2, 0.25) is 5.02 Å². The molecule has 1 heterocycles. The Morgan fingerprint density at radius 3 is 2.34 bits per heavy atom. The lowest BCUT2D eigenvalue weighted by Gasteiger charge is -2.24. The molecule has 4 heteroatoms. The maximum Gasteiger partial charge on any atom is 0.251 e. The zero-order valence-electron chi connectivity index (χ0n) is 18.3. The molecule has 1 aliphatic carbocycles. The van der Waals surface area contributed by atoms with Crippen molar-refractivity contribution < 1.29 is 4.79 Å². The summed E-state index contributed by atoms with van der Waals surface area (Å²) in [5, 5.41) is 3.79. The normalized spacial score (nSPS) is 18.0. The molecule has 1 unspecified atom stereocenters. The summed E-state index contributed by atoms with van der Waals surface area (Å²) >= 11 is 5.96. The Labute approximate surface area is 195 Å². The van der Waals surface area contributed by atoms with Crippen molar-refractivity contribution in [1.29, 1.82) is 0 Å². The molecule has 1 atom stereocenters. The highest BCUT2D eigenvalue weighted by Crippen LogP contribution is 2.37. The number of carbonyl (C=O) groups is 1. The summed E-state index contributed by atoms with van der Waals surface area (Å²) in [4.78, 5) is 15.2. The molecule has 164 valence electrons. The molecule has 0 aromatic heterocycles. The first-order valence-corrected chi connectivity index (χ1v) is 12.1. The van der Waals surface area contributed by atoms with Crippen molar-refractivity contribution in [2.75, 3.05) is 19.6 Å². The lowest BCUT2D eigenvalue weighted by molar-refractivity contribution is 0.0954. The lowest BCUT2D eigenvalue weighted by atomic mass is 10.0. The van der Waals surface area contributed by atoms with Gasteiger partial charge >= 0.3 is 0 Å². The molecular weight excluding hydrogens is 416 g/mol. The van der Waals surface area contributed by atoms with E-state index in [1.54, 1.807) is 0 Å². The van der Waals surface area contributed by atoms with Gasteiger partial charge in [0.05, 0.1) is 0 Å². The third-order valence-electron chi connectivity index (χ3n) is 6.86. The van der Waals surface area contributed by atoms with Gasteiger partial charge in [-0.25, -0.2) is 0 Å². The van der Waals surface area contributed by atoms with Gasteiger partial charge in [-0.1, -0.05) is 54.1 Å². The molecule has 3 nitrogen and oxygen atoms in total. The molecule has 0 radical (unpaired) electrons. The minimum Gasteiger partial charge on any atom is -0.352 e. The monoisotopic (exact) mass is 444 g/mol. The highest BCUT2D eigenvalue weighted by atomic mass is 35.5. The molecule has 1 N–H and O–H groups in total. The van der Waals surface area contributed by atoms with Crippen LogP contribution >= 0.6 is 11.6 Å². The average molecular weight is 445 g/mol. The molecule has 0 saturated carbocycles. The topological polar surface area (TPSA) is 32.3 Å². The number of rotatable bonds is 6. The van der Waals surface area contributed by atoms with E-state index in [0.29, 0.717) is 18.2 Å². The van der Waals surface area contributed by atoms with Gasteiger partial charge in [-0.2, -0.15) is 0 Å². The molecule has 1 fully saturated rings. The molecular formula is C28H29ClN2O. The molecule has 3 aromatic carbocycles. The standard InChI is InChI=1S/C28H29ClN2O/c29-25-11-8-22(9-12-25)21-4-6-23(7-5-21)28(32)30-16-15-20-3-13-26-24(19-20)10-14-27(26)31-17-1-2-18-31/h3-9,11-13,19,27H,1-2,10,14-18H2,(H,30,32). The number of amides is 1. The average Bonchev–Trinajstić information content (AvgIpc) is 3.49. The predicted octanol–water partition coefficient (Wildman–Crippen LogP) is 6.06. The quantitative estimate of drug-likeness (QED) is 0.501. The van der Waals surface area contributed by atoms with Gasteiger partial charge in [-0.15, -0.1) is 0 Å². The Kier molecular flexibility index (Phi) is 6.29. The lowest BCUT2D eigenvalue weighted by Crippen LogP contribution is -2.25. The van der Waals surface area contributed by atoms with Gasteiger partial charge in [0.2, 0.25) is 0 Å². The third-order valence-corrected chi connectivity index (χ3v) is 7.11. The third kappa shape index (κ3) is 4.60. The van der Waals surface area contributed by atoms with Crippen molar-refractivity contribution in [2.24, 2.45) is 0 Å². The molecule has 1 amide bonds. The van der Waals surface area contributed by atoms with Crippen molar-refractivity contribution in [3.63, 3.8) is 0 Å². The minimum atomic E-state index is -0.0251. The van der Waals surface area contributed by atoms with Gasteiger partial charge in [0, 0.05) is 23.2 Å². The molecule has 5 rings (SSSR count). The Balaban J connectivity index is 1.15. The summed E-state index contributed by atoms with van der Waals surface area (Å²) in [5.74, 6) is -0.0251. The molecule has 2 aliphatic rings. The highest BCUT2D eigenvalue weighted by molar-refractivity contribution is 6.30. The van der Waals surface area contributed by atoms with Crippen molar-refractivity contribution in [3.05, 3.63) is 94.0 Å². The number of nitrogens with zero attached hydrogens (tertiary/aromatic N) is 1. The van der Waals surface area contributed by atoms with Crippen LogP contribution in [0, 0.1) is 0 Å². The van der Waals surface area contributed by atoms with E-state index < -0.39 is 0 Å². The zero-order chi connectivity index (χ0) is 21.9. The van der Waals surface area contributed by atoms with E-state index in [4.69, 9.17) is 11.6 Å². The number of nitrogens with one attached hydrogen (secondary N) is 1. The number of hydrogen-bond acceptors (Lipinski definition) is 2. The van der Waals surface area contributed by atoms with E-state index in [1.165, 1.54) is 55.5 Å². The van der Waals surface area contributed by atoms with Crippen molar-refractivity contribution >= 4 is 17.5 Å². The number of hydrogen-bond donors (Lipinski definition) is 1. The highest BCUT2D eigenvalue weighted by Gasteiger charge is 2.29.